The molecule has 3 unspecified atom stereocenters. The third-order valence-corrected chi connectivity index (χ3v) is 3.72. The number of phenols is 1. The third-order valence-electron chi connectivity index (χ3n) is 3.72. The molecule has 1 aromatic rings. The normalized spacial score (nSPS) is 23.0. The molecule has 6 nitrogen and oxygen atoms in total. The maximum absolute atomic E-state index is 12.2. The highest BCUT2D eigenvalue weighted by Crippen LogP contribution is 2.23. The van der Waals surface area contributed by atoms with Crippen molar-refractivity contribution >= 4 is 5.91 Å². The summed E-state index contributed by atoms with van der Waals surface area (Å²) in [5.74, 6) is 0.219. The number of benzene rings is 1. The highest BCUT2D eigenvalue weighted by Gasteiger charge is 2.30. The van der Waals surface area contributed by atoms with Crippen LogP contribution in [0.4, 0.5) is 0 Å². The smallest absolute Gasteiger partial charge is 0.238 e. The summed E-state index contributed by atoms with van der Waals surface area (Å²) in [6, 6.07) is 6.84. The summed E-state index contributed by atoms with van der Waals surface area (Å²) < 4.78 is 5.09. The zero-order chi connectivity index (χ0) is 15.2. The number of hydrazine groups is 1. The lowest BCUT2D eigenvalue weighted by Crippen LogP contribution is -2.48. The molecule has 1 aromatic carbocycles. The van der Waals surface area contributed by atoms with Crippen molar-refractivity contribution in [2.75, 3.05) is 13.7 Å². The molecule has 1 fully saturated rings. The molecule has 1 aliphatic heterocycles. The van der Waals surface area contributed by atoms with Crippen molar-refractivity contribution < 1.29 is 14.6 Å². The van der Waals surface area contributed by atoms with Gasteiger partial charge in [0.2, 0.25) is 5.91 Å². The number of methoxy groups -OCH3 is 1. The third kappa shape index (κ3) is 4.17. The second-order valence-electron chi connectivity index (χ2n) is 5.29. The molecule has 21 heavy (non-hydrogen) atoms. The Labute approximate surface area is 124 Å². The van der Waals surface area contributed by atoms with Gasteiger partial charge in [0, 0.05) is 13.2 Å². The summed E-state index contributed by atoms with van der Waals surface area (Å²) in [6.45, 7) is 2.54. The molecule has 1 saturated heterocycles. The number of carbonyl (C=O) groups excluding carboxylic acids is 1. The van der Waals surface area contributed by atoms with Gasteiger partial charge < -0.3 is 15.2 Å². The van der Waals surface area contributed by atoms with E-state index in [1.165, 1.54) is 0 Å². The van der Waals surface area contributed by atoms with Gasteiger partial charge in [0.25, 0.3) is 0 Å². The van der Waals surface area contributed by atoms with Gasteiger partial charge in [0.05, 0.1) is 12.6 Å². The van der Waals surface area contributed by atoms with Gasteiger partial charge in [-0.15, -0.1) is 0 Å². The van der Waals surface area contributed by atoms with E-state index < -0.39 is 0 Å². The van der Waals surface area contributed by atoms with Crippen molar-refractivity contribution in [3.63, 3.8) is 0 Å². The van der Waals surface area contributed by atoms with Crippen LogP contribution in [0.5, 0.6) is 5.75 Å². The number of aromatic hydroxyl groups is 1. The van der Waals surface area contributed by atoms with Crippen molar-refractivity contribution in [3.05, 3.63) is 29.8 Å². The molecule has 1 heterocycles. The molecule has 2 rings (SSSR count). The number of amides is 1. The summed E-state index contributed by atoms with van der Waals surface area (Å²) >= 11 is 0. The average Bonchev–Trinajstić information content (AvgIpc) is 2.97. The predicted octanol–water partition coefficient (Wildman–Crippen LogP) is 0.841. The Morgan fingerprint density at radius 3 is 2.76 bits per heavy atom. The van der Waals surface area contributed by atoms with Crippen molar-refractivity contribution in [3.8, 4) is 5.75 Å². The van der Waals surface area contributed by atoms with Crippen LogP contribution in [0.3, 0.4) is 0 Å². The lowest BCUT2D eigenvalue weighted by molar-refractivity contribution is -0.124. The van der Waals surface area contributed by atoms with Gasteiger partial charge in [-0.05, 0) is 30.5 Å². The fourth-order valence-corrected chi connectivity index (χ4v) is 2.42. The van der Waals surface area contributed by atoms with E-state index in [1.54, 1.807) is 19.2 Å². The highest BCUT2D eigenvalue weighted by atomic mass is 16.5. The standard InChI is InChI=1S/C15H23N3O3/c1-3-11(9-21-2)16-15(20)14-8-13(17-18-14)10-4-6-12(19)7-5-10/h4-7,11,13-14,17-19H,3,8-9H2,1-2H3,(H,16,20). The van der Waals surface area contributed by atoms with Crippen molar-refractivity contribution in [1.29, 1.82) is 0 Å². The second kappa shape index (κ2) is 7.40. The molecular weight excluding hydrogens is 270 g/mol. The summed E-state index contributed by atoms with van der Waals surface area (Å²) in [6.07, 6.45) is 1.50. The van der Waals surface area contributed by atoms with Crippen LogP contribution in [-0.2, 0) is 9.53 Å². The number of rotatable bonds is 6. The topological polar surface area (TPSA) is 82.6 Å². The number of nitrogens with one attached hydrogen (secondary N) is 3. The van der Waals surface area contributed by atoms with Crippen LogP contribution in [-0.4, -0.2) is 36.8 Å². The first-order chi connectivity index (χ1) is 10.1. The zero-order valence-electron chi connectivity index (χ0n) is 12.4. The van der Waals surface area contributed by atoms with E-state index in [-0.39, 0.29) is 29.8 Å². The van der Waals surface area contributed by atoms with E-state index in [2.05, 4.69) is 16.2 Å². The van der Waals surface area contributed by atoms with Crippen LogP contribution in [0.1, 0.15) is 31.4 Å². The molecule has 4 N–H and O–H groups in total. The van der Waals surface area contributed by atoms with Crippen LogP contribution < -0.4 is 16.2 Å². The molecule has 0 radical (unpaired) electrons. The zero-order valence-corrected chi connectivity index (χ0v) is 12.4. The molecule has 0 bridgehead atoms. The molecule has 0 saturated carbocycles. The van der Waals surface area contributed by atoms with Gasteiger partial charge >= 0.3 is 0 Å². The Hall–Kier alpha value is -1.63. The number of phenolic OH excluding ortho intramolecular Hbond substituents is 1. The quantitative estimate of drug-likeness (QED) is 0.625. The lowest BCUT2D eigenvalue weighted by Gasteiger charge is -2.18. The SMILES string of the molecule is CCC(COC)NC(=O)C1CC(c2ccc(O)cc2)NN1. The Balaban J connectivity index is 1.89. The summed E-state index contributed by atoms with van der Waals surface area (Å²) in [4.78, 5) is 12.2. The average molecular weight is 293 g/mol. The minimum absolute atomic E-state index is 0.0207. The van der Waals surface area contributed by atoms with Gasteiger partial charge in [-0.2, -0.15) is 0 Å². The molecule has 0 spiro atoms. The van der Waals surface area contributed by atoms with E-state index in [0.29, 0.717) is 13.0 Å². The molecule has 116 valence electrons. The molecular formula is C15H23N3O3. The lowest BCUT2D eigenvalue weighted by atomic mass is 10.0. The van der Waals surface area contributed by atoms with Gasteiger partial charge in [-0.1, -0.05) is 19.1 Å². The van der Waals surface area contributed by atoms with E-state index >= 15 is 0 Å². The molecule has 6 heteroatoms. The molecule has 0 aromatic heterocycles. The van der Waals surface area contributed by atoms with Crippen LogP contribution in [0, 0.1) is 0 Å². The van der Waals surface area contributed by atoms with E-state index in [1.807, 2.05) is 19.1 Å². The first-order valence-electron chi connectivity index (χ1n) is 7.23. The van der Waals surface area contributed by atoms with Crippen molar-refractivity contribution in [2.45, 2.75) is 37.9 Å². The Morgan fingerprint density at radius 2 is 2.14 bits per heavy atom. The van der Waals surface area contributed by atoms with Crippen LogP contribution in [0.2, 0.25) is 0 Å². The maximum Gasteiger partial charge on any atom is 0.238 e. The molecule has 3 atom stereocenters. The minimum Gasteiger partial charge on any atom is -0.508 e. The van der Waals surface area contributed by atoms with Crippen molar-refractivity contribution in [1.82, 2.24) is 16.2 Å². The molecule has 0 aliphatic carbocycles. The monoisotopic (exact) mass is 293 g/mol. The summed E-state index contributed by atoms with van der Waals surface area (Å²) in [5.41, 5.74) is 7.19. The number of hydrogen-bond donors (Lipinski definition) is 4. The van der Waals surface area contributed by atoms with E-state index in [0.717, 1.165) is 12.0 Å². The Bertz CT molecular complexity index is 464. The van der Waals surface area contributed by atoms with Crippen LogP contribution >= 0.6 is 0 Å². The number of ether oxygens (including phenoxy) is 1. The molecule has 1 aliphatic rings. The van der Waals surface area contributed by atoms with Crippen LogP contribution in [0.25, 0.3) is 0 Å². The minimum atomic E-state index is -0.269. The Morgan fingerprint density at radius 1 is 1.43 bits per heavy atom. The predicted molar refractivity (Wildman–Crippen MR) is 79.6 cm³/mol. The fourth-order valence-electron chi connectivity index (χ4n) is 2.42. The fraction of sp³-hybridized carbons (Fsp3) is 0.533. The van der Waals surface area contributed by atoms with E-state index in [4.69, 9.17) is 4.74 Å². The second-order valence-corrected chi connectivity index (χ2v) is 5.29. The van der Waals surface area contributed by atoms with Gasteiger partial charge in [0.15, 0.2) is 0 Å². The largest absolute Gasteiger partial charge is 0.508 e. The summed E-state index contributed by atoms with van der Waals surface area (Å²) in [7, 11) is 1.63. The van der Waals surface area contributed by atoms with E-state index in [9.17, 15) is 9.90 Å². The molecule has 1 amide bonds. The maximum atomic E-state index is 12.2. The first-order valence-corrected chi connectivity index (χ1v) is 7.23. The first kappa shape index (κ1) is 15.8. The summed E-state index contributed by atoms with van der Waals surface area (Å²) in [5, 5.41) is 12.3. The number of carbonyl (C=O) groups is 1. The Kier molecular flexibility index (Phi) is 5.55. The van der Waals surface area contributed by atoms with Crippen molar-refractivity contribution in [2.24, 2.45) is 0 Å². The van der Waals surface area contributed by atoms with Crippen LogP contribution in [0.15, 0.2) is 24.3 Å². The highest BCUT2D eigenvalue weighted by molar-refractivity contribution is 5.82. The van der Waals surface area contributed by atoms with Gasteiger partial charge in [-0.25, -0.2) is 10.9 Å². The number of hydrogen-bond acceptors (Lipinski definition) is 5. The van der Waals surface area contributed by atoms with Gasteiger partial charge in [-0.3, -0.25) is 4.79 Å². The van der Waals surface area contributed by atoms with Gasteiger partial charge in [0.1, 0.15) is 11.8 Å².